The Balaban J connectivity index is 2.21. The van der Waals surface area contributed by atoms with Crippen molar-refractivity contribution in [3.63, 3.8) is 0 Å². The summed E-state index contributed by atoms with van der Waals surface area (Å²) in [6.45, 7) is 5.25. The summed E-state index contributed by atoms with van der Waals surface area (Å²) in [5.41, 5.74) is -0.0474. The fourth-order valence-corrected chi connectivity index (χ4v) is 2.34. The number of hydrogen-bond acceptors (Lipinski definition) is 2. The van der Waals surface area contributed by atoms with Crippen molar-refractivity contribution >= 4 is 6.09 Å². The zero-order valence-electron chi connectivity index (χ0n) is 11.9. The van der Waals surface area contributed by atoms with Crippen LogP contribution < -0.4 is 0 Å². The number of carbonyl (C=O) groups is 1. The van der Waals surface area contributed by atoms with E-state index in [2.05, 4.69) is 0 Å². The Morgan fingerprint density at radius 2 is 2.10 bits per heavy atom. The molecule has 0 N–H and O–H groups in total. The molecule has 5 heteroatoms. The first kappa shape index (κ1) is 14.8. The Bertz CT molecular complexity index is 499. The zero-order valence-corrected chi connectivity index (χ0v) is 11.9. The first-order valence-corrected chi connectivity index (χ1v) is 6.65. The van der Waals surface area contributed by atoms with Crippen LogP contribution in [0.3, 0.4) is 0 Å². The van der Waals surface area contributed by atoms with Gasteiger partial charge in [0, 0.05) is 6.42 Å². The predicted octanol–water partition coefficient (Wildman–Crippen LogP) is 3.85. The number of hydrogen-bond donors (Lipinski definition) is 0. The van der Waals surface area contributed by atoms with Crippen LogP contribution in [0.5, 0.6) is 0 Å². The van der Waals surface area contributed by atoms with Crippen molar-refractivity contribution < 1.29 is 18.3 Å². The van der Waals surface area contributed by atoms with Crippen molar-refractivity contribution in [2.45, 2.75) is 45.0 Å². The molecule has 20 heavy (non-hydrogen) atoms. The summed E-state index contributed by atoms with van der Waals surface area (Å²) in [4.78, 5) is 13.5. The van der Waals surface area contributed by atoms with Crippen molar-refractivity contribution in [1.82, 2.24) is 4.90 Å². The van der Waals surface area contributed by atoms with Crippen molar-refractivity contribution in [3.05, 3.63) is 35.6 Å². The molecular weight excluding hydrogens is 264 g/mol. The van der Waals surface area contributed by atoms with E-state index >= 15 is 0 Å². The van der Waals surface area contributed by atoms with Crippen LogP contribution in [0.1, 0.15) is 38.8 Å². The van der Waals surface area contributed by atoms with Gasteiger partial charge in [0.15, 0.2) is 0 Å². The molecule has 0 spiro atoms. The second kappa shape index (κ2) is 5.38. The first-order valence-electron chi connectivity index (χ1n) is 6.65. The SMILES string of the molecule is CC(C)(C)OC(=O)N1C[C@@H](F)C[C@@H]1c1cccc(F)c1. The molecule has 0 unspecified atom stereocenters. The predicted molar refractivity (Wildman–Crippen MR) is 71.6 cm³/mol. The summed E-state index contributed by atoms with van der Waals surface area (Å²) in [5, 5.41) is 0. The third kappa shape index (κ3) is 3.46. The molecule has 3 nitrogen and oxygen atoms in total. The average Bonchev–Trinajstić information content (AvgIpc) is 2.69. The third-order valence-electron chi connectivity index (χ3n) is 3.11. The van der Waals surface area contributed by atoms with E-state index in [0.717, 1.165) is 0 Å². The van der Waals surface area contributed by atoms with Gasteiger partial charge in [0.05, 0.1) is 12.6 Å². The Labute approximate surface area is 117 Å². The number of likely N-dealkylation sites (tertiary alicyclic amines) is 1. The lowest BCUT2D eigenvalue weighted by Gasteiger charge is -2.28. The number of halogens is 2. The lowest BCUT2D eigenvalue weighted by Crippen LogP contribution is -2.37. The van der Waals surface area contributed by atoms with Crippen LogP contribution in [0.25, 0.3) is 0 Å². The summed E-state index contributed by atoms with van der Waals surface area (Å²) in [7, 11) is 0. The fourth-order valence-electron chi connectivity index (χ4n) is 2.34. The summed E-state index contributed by atoms with van der Waals surface area (Å²) >= 11 is 0. The Morgan fingerprint density at radius 1 is 1.40 bits per heavy atom. The van der Waals surface area contributed by atoms with Gasteiger partial charge in [-0.05, 0) is 38.5 Å². The van der Waals surface area contributed by atoms with E-state index in [1.807, 2.05) is 0 Å². The molecule has 0 radical (unpaired) electrons. The second-order valence-corrected chi connectivity index (χ2v) is 6.04. The normalized spacial score (nSPS) is 22.9. The Hall–Kier alpha value is -1.65. The maximum atomic E-state index is 13.7. The molecule has 0 saturated carbocycles. The molecule has 0 aliphatic carbocycles. The van der Waals surface area contributed by atoms with Gasteiger partial charge in [0.2, 0.25) is 0 Å². The van der Waals surface area contributed by atoms with Crippen LogP contribution in [0, 0.1) is 5.82 Å². The van der Waals surface area contributed by atoms with Gasteiger partial charge in [0.25, 0.3) is 0 Å². The van der Waals surface area contributed by atoms with E-state index in [1.165, 1.54) is 17.0 Å². The van der Waals surface area contributed by atoms with Crippen LogP contribution in [-0.2, 0) is 4.74 Å². The molecule has 1 saturated heterocycles. The van der Waals surface area contributed by atoms with E-state index in [9.17, 15) is 13.6 Å². The molecule has 1 aliphatic rings. The van der Waals surface area contributed by atoms with Gasteiger partial charge in [-0.15, -0.1) is 0 Å². The minimum absolute atomic E-state index is 0.0178. The number of amides is 1. The van der Waals surface area contributed by atoms with Gasteiger partial charge < -0.3 is 4.74 Å². The topological polar surface area (TPSA) is 29.5 Å². The smallest absolute Gasteiger partial charge is 0.410 e. The summed E-state index contributed by atoms with van der Waals surface area (Å²) in [5.74, 6) is -0.394. The number of alkyl halides is 1. The Morgan fingerprint density at radius 3 is 2.70 bits per heavy atom. The third-order valence-corrected chi connectivity index (χ3v) is 3.11. The quantitative estimate of drug-likeness (QED) is 0.783. The highest BCUT2D eigenvalue weighted by atomic mass is 19.1. The second-order valence-electron chi connectivity index (χ2n) is 6.04. The Kier molecular flexibility index (Phi) is 3.97. The molecule has 1 amide bonds. The number of nitrogens with zero attached hydrogens (tertiary/aromatic N) is 1. The van der Waals surface area contributed by atoms with Crippen LogP contribution in [0.2, 0.25) is 0 Å². The molecule has 1 heterocycles. The van der Waals surface area contributed by atoms with Gasteiger partial charge >= 0.3 is 6.09 Å². The molecule has 0 aromatic heterocycles. The van der Waals surface area contributed by atoms with Crippen molar-refractivity contribution in [2.75, 3.05) is 6.54 Å². The maximum Gasteiger partial charge on any atom is 0.410 e. The highest BCUT2D eigenvalue weighted by Crippen LogP contribution is 2.34. The van der Waals surface area contributed by atoms with Gasteiger partial charge in [-0.1, -0.05) is 12.1 Å². The van der Waals surface area contributed by atoms with Crippen molar-refractivity contribution in [1.29, 1.82) is 0 Å². The molecule has 0 bridgehead atoms. The standard InChI is InChI=1S/C15H19F2NO2/c1-15(2,3)20-14(19)18-9-12(17)8-13(18)10-5-4-6-11(16)7-10/h4-7,12-13H,8-9H2,1-3H3/t12-,13+/m0/s1. The zero-order chi connectivity index (χ0) is 14.9. The summed E-state index contributed by atoms with van der Waals surface area (Å²) < 4.78 is 32.2. The van der Waals surface area contributed by atoms with E-state index < -0.39 is 29.7 Å². The first-order chi connectivity index (χ1) is 9.26. The average molecular weight is 283 g/mol. The monoisotopic (exact) mass is 283 g/mol. The van der Waals surface area contributed by atoms with Crippen molar-refractivity contribution in [3.8, 4) is 0 Å². The number of rotatable bonds is 1. The number of carbonyl (C=O) groups excluding carboxylic acids is 1. The van der Waals surface area contributed by atoms with Gasteiger partial charge in [-0.25, -0.2) is 13.6 Å². The number of ether oxygens (including phenoxy) is 1. The van der Waals surface area contributed by atoms with Gasteiger partial charge in [-0.2, -0.15) is 0 Å². The van der Waals surface area contributed by atoms with Crippen LogP contribution in [0.15, 0.2) is 24.3 Å². The van der Waals surface area contributed by atoms with E-state index in [-0.39, 0.29) is 13.0 Å². The minimum Gasteiger partial charge on any atom is -0.444 e. The van der Waals surface area contributed by atoms with E-state index in [4.69, 9.17) is 4.74 Å². The largest absolute Gasteiger partial charge is 0.444 e. The maximum absolute atomic E-state index is 13.7. The summed E-state index contributed by atoms with van der Waals surface area (Å²) in [6.07, 6.45) is -1.51. The molecule has 1 aliphatic heterocycles. The minimum atomic E-state index is -1.12. The molecule has 2 atom stereocenters. The molecule has 110 valence electrons. The molecule has 1 aromatic rings. The van der Waals surface area contributed by atoms with E-state index in [0.29, 0.717) is 5.56 Å². The lowest BCUT2D eigenvalue weighted by molar-refractivity contribution is 0.0216. The van der Waals surface area contributed by atoms with Crippen LogP contribution >= 0.6 is 0 Å². The molecule has 1 aromatic carbocycles. The van der Waals surface area contributed by atoms with E-state index in [1.54, 1.807) is 32.9 Å². The number of benzene rings is 1. The highest BCUT2D eigenvalue weighted by molar-refractivity contribution is 5.69. The van der Waals surface area contributed by atoms with Crippen molar-refractivity contribution in [2.24, 2.45) is 0 Å². The van der Waals surface area contributed by atoms with Crippen LogP contribution in [-0.4, -0.2) is 29.3 Å². The van der Waals surface area contributed by atoms with Gasteiger partial charge in [-0.3, -0.25) is 4.90 Å². The fraction of sp³-hybridized carbons (Fsp3) is 0.533. The molecular formula is C15H19F2NO2. The molecule has 2 rings (SSSR count). The summed E-state index contributed by atoms with van der Waals surface area (Å²) in [6, 6.07) is 5.44. The van der Waals surface area contributed by atoms with Crippen LogP contribution in [0.4, 0.5) is 13.6 Å². The molecule has 1 fully saturated rings. The lowest BCUT2D eigenvalue weighted by atomic mass is 10.0. The van der Waals surface area contributed by atoms with Gasteiger partial charge in [0.1, 0.15) is 17.6 Å². The highest BCUT2D eigenvalue weighted by Gasteiger charge is 2.38.